The predicted octanol–water partition coefficient (Wildman–Crippen LogP) is 10.0. The van der Waals surface area contributed by atoms with Gasteiger partial charge in [-0.05, 0) is 24.1 Å². The molecule has 33 heavy (non-hydrogen) atoms. The van der Waals surface area contributed by atoms with Crippen LogP contribution in [0.25, 0.3) is 0 Å². The topological polar surface area (TPSA) is 12.0 Å². The van der Waals surface area contributed by atoms with E-state index in [1.807, 2.05) is 0 Å². The highest BCUT2D eigenvalue weighted by molar-refractivity contribution is 5.85. The summed E-state index contributed by atoms with van der Waals surface area (Å²) in [6.07, 6.45) is 22.8. The monoisotopic (exact) mass is 471 g/mol. The van der Waals surface area contributed by atoms with Gasteiger partial charge in [0.05, 0.1) is 6.04 Å². The van der Waals surface area contributed by atoms with Crippen LogP contribution in [-0.2, 0) is 0 Å². The van der Waals surface area contributed by atoms with Gasteiger partial charge in [-0.25, -0.2) is 0 Å². The lowest BCUT2D eigenvalue weighted by Crippen LogP contribution is -2.23. The van der Waals surface area contributed by atoms with E-state index >= 15 is 0 Å². The molecule has 0 fully saturated rings. The molecule has 2 rings (SSSR count). The van der Waals surface area contributed by atoms with Gasteiger partial charge in [0.15, 0.2) is 0 Å². The van der Waals surface area contributed by atoms with Crippen molar-refractivity contribution in [1.82, 2.24) is 5.32 Å². The number of benzene rings is 2. The number of hydrogen-bond donors (Lipinski definition) is 1. The van der Waals surface area contributed by atoms with E-state index < -0.39 is 0 Å². The predicted molar refractivity (Wildman–Crippen MR) is 150 cm³/mol. The van der Waals surface area contributed by atoms with Crippen LogP contribution in [0.1, 0.15) is 127 Å². The molecule has 0 aliphatic heterocycles. The quantitative estimate of drug-likeness (QED) is 0.189. The van der Waals surface area contributed by atoms with Crippen molar-refractivity contribution in [3.63, 3.8) is 0 Å². The van der Waals surface area contributed by atoms with Crippen molar-refractivity contribution >= 4 is 12.4 Å². The maximum Gasteiger partial charge on any atom is 0.0576 e. The van der Waals surface area contributed by atoms with E-state index in [4.69, 9.17) is 0 Å². The summed E-state index contributed by atoms with van der Waals surface area (Å²) in [5.74, 6) is 0. The van der Waals surface area contributed by atoms with E-state index in [0.717, 1.165) is 6.54 Å². The molecular formula is C31H50ClN. The molecule has 0 radical (unpaired) electrons. The molecule has 0 heterocycles. The van der Waals surface area contributed by atoms with Crippen LogP contribution < -0.4 is 5.32 Å². The first-order valence-corrected chi connectivity index (χ1v) is 13.7. The Labute approximate surface area is 211 Å². The summed E-state index contributed by atoms with van der Waals surface area (Å²) >= 11 is 0. The smallest absolute Gasteiger partial charge is 0.0576 e. The number of rotatable bonds is 20. The Morgan fingerprint density at radius 3 is 1.18 bits per heavy atom. The molecule has 0 aliphatic carbocycles. The van der Waals surface area contributed by atoms with Gasteiger partial charge >= 0.3 is 0 Å². The third-order valence-electron chi connectivity index (χ3n) is 6.64. The summed E-state index contributed by atoms with van der Waals surface area (Å²) in [5, 5.41) is 3.80. The van der Waals surface area contributed by atoms with Gasteiger partial charge in [-0.3, -0.25) is 0 Å². The first-order valence-electron chi connectivity index (χ1n) is 13.7. The highest BCUT2D eigenvalue weighted by Crippen LogP contribution is 2.22. The zero-order valence-corrected chi connectivity index (χ0v) is 22.1. The second-order valence-corrected chi connectivity index (χ2v) is 9.51. The molecule has 0 saturated carbocycles. The van der Waals surface area contributed by atoms with Crippen molar-refractivity contribution in [3.8, 4) is 0 Å². The molecule has 2 aromatic rings. The molecule has 186 valence electrons. The fourth-order valence-corrected chi connectivity index (χ4v) is 4.64. The normalized spacial score (nSPS) is 11.0. The standard InChI is InChI=1S/C31H49N.ClH/c1-2-3-4-5-6-7-8-9-10-11-12-13-14-15-16-23-28-32-31(29-24-19-17-20-25-29)30-26-21-18-22-27-30;/h17-22,24-27,31-32H,2-16,23,28H2,1H3;1H. The van der Waals surface area contributed by atoms with Crippen LogP contribution in [0.2, 0.25) is 0 Å². The van der Waals surface area contributed by atoms with Gasteiger partial charge in [-0.2, -0.15) is 0 Å². The van der Waals surface area contributed by atoms with Gasteiger partial charge in [0, 0.05) is 0 Å². The molecule has 2 heteroatoms. The summed E-state index contributed by atoms with van der Waals surface area (Å²) in [5.41, 5.74) is 2.71. The number of unbranched alkanes of at least 4 members (excludes halogenated alkanes) is 15. The summed E-state index contributed by atoms with van der Waals surface area (Å²) in [6, 6.07) is 22.0. The van der Waals surface area contributed by atoms with Crippen molar-refractivity contribution in [3.05, 3.63) is 71.8 Å². The summed E-state index contributed by atoms with van der Waals surface area (Å²) in [7, 11) is 0. The van der Waals surface area contributed by atoms with Crippen LogP contribution in [0, 0.1) is 0 Å². The molecule has 0 spiro atoms. The molecule has 0 bridgehead atoms. The average Bonchev–Trinajstić information content (AvgIpc) is 2.84. The minimum absolute atomic E-state index is 0. The van der Waals surface area contributed by atoms with Crippen molar-refractivity contribution in [2.24, 2.45) is 0 Å². The molecule has 0 saturated heterocycles. The fourth-order valence-electron chi connectivity index (χ4n) is 4.64. The van der Waals surface area contributed by atoms with Gasteiger partial charge in [-0.1, -0.05) is 164 Å². The lowest BCUT2D eigenvalue weighted by Gasteiger charge is -2.20. The maximum atomic E-state index is 3.80. The van der Waals surface area contributed by atoms with E-state index in [-0.39, 0.29) is 12.4 Å². The third-order valence-corrected chi connectivity index (χ3v) is 6.64. The zero-order chi connectivity index (χ0) is 22.5. The van der Waals surface area contributed by atoms with Crippen molar-refractivity contribution < 1.29 is 0 Å². The fraction of sp³-hybridized carbons (Fsp3) is 0.613. The van der Waals surface area contributed by atoms with Gasteiger partial charge in [0.1, 0.15) is 0 Å². The van der Waals surface area contributed by atoms with Gasteiger partial charge in [-0.15, -0.1) is 12.4 Å². The third kappa shape index (κ3) is 14.5. The first kappa shape index (κ1) is 29.7. The Morgan fingerprint density at radius 2 is 0.818 bits per heavy atom. The van der Waals surface area contributed by atoms with E-state index in [1.54, 1.807) is 0 Å². The Kier molecular flexibility index (Phi) is 19.1. The Morgan fingerprint density at radius 1 is 0.485 bits per heavy atom. The molecule has 2 aromatic carbocycles. The SMILES string of the molecule is CCCCCCCCCCCCCCCCCCNC(c1ccccc1)c1ccccc1.Cl. The lowest BCUT2D eigenvalue weighted by molar-refractivity contribution is 0.518. The maximum absolute atomic E-state index is 3.80. The first-order chi connectivity index (χ1) is 15.9. The number of nitrogens with one attached hydrogen (secondary N) is 1. The van der Waals surface area contributed by atoms with Gasteiger partial charge < -0.3 is 5.32 Å². The van der Waals surface area contributed by atoms with Crippen LogP contribution in [0.15, 0.2) is 60.7 Å². The van der Waals surface area contributed by atoms with Crippen LogP contribution in [-0.4, -0.2) is 6.54 Å². The van der Waals surface area contributed by atoms with E-state index in [1.165, 1.54) is 114 Å². The van der Waals surface area contributed by atoms with Crippen molar-refractivity contribution in [1.29, 1.82) is 0 Å². The molecule has 1 nitrogen and oxygen atoms in total. The molecule has 0 amide bonds. The zero-order valence-electron chi connectivity index (χ0n) is 21.3. The van der Waals surface area contributed by atoms with E-state index in [2.05, 4.69) is 72.9 Å². The summed E-state index contributed by atoms with van der Waals surface area (Å²) < 4.78 is 0. The highest BCUT2D eigenvalue weighted by atomic mass is 35.5. The minimum Gasteiger partial charge on any atom is -0.306 e. The largest absolute Gasteiger partial charge is 0.306 e. The lowest BCUT2D eigenvalue weighted by atomic mass is 9.98. The molecule has 0 atom stereocenters. The van der Waals surface area contributed by atoms with Crippen LogP contribution >= 0.6 is 12.4 Å². The summed E-state index contributed by atoms with van der Waals surface area (Å²) in [4.78, 5) is 0. The number of hydrogen-bond acceptors (Lipinski definition) is 1. The molecule has 0 aliphatic rings. The van der Waals surface area contributed by atoms with E-state index in [0.29, 0.717) is 6.04 Å². The molecular weight excluding hydrogens is 422 g/mol. The number of halogens is 1. The van der Waals surface area contributed by atoms with Crippen molar-refractivity contribution in [2.75, 3.05) is 6.54 Å². The van der Waals surface area contributed by atoms with Gasteiger partial charge in [0.2, 0.25) is 0 Å². The van der Waals surface area contributed by atoms with Crippen LogP contribution in [0.3, 0.4) is 0 Å². The molecule has 1 N–H and O–H groups in total. The van der Waals surface area contributed by atoms with E-state index in [9.17, 15) is 0 Å². The van der Waals surface area contributed by atoms with Crippen LogP contribution in [0.5, 0.6) is 0 Å². The Bertz CT molecular complexity index is 603. The highest BCUT2D eigenvalue weighted by Gasteiger charge is 2.12. The minimum atomic E-state index is 0. The van der Waals surface area contributed by atoms with Crippen LogP contribution in [0.4, 0.5) is 0 Å². The Balaban J connectivity index is 0.00000544. The molecule has 0 unspecified atom stereocenters. The van der Waals surface area contributed by atoms with Gasteiger partial charge in [0.25, 0.3) is 0 Å². The second-order valence-electron chi connectivity index (χ2n) is 9.51. The second kappa shape index (κ2) is 21.2. The Hall–Kier alpha value is -1.31. The summed E-state index contributed by atoms with van der Waals surface area (Å²) in [6.45, 7) is 3.39. The van der Waals surface area contributed by atoms with Crippen molar-refractivity contribution in [2.45, 2.75) is 116 Å². The molecule has 0 aromatic heterocycles. The average molecular weight is 472 g/mol.